The number of thioether (sulfide) groups is 2. The summed E-state index contributed by atoms with van der Waals surface area (Å²) in [6.45, 7) is 3.96. The molecule has 3 aliphatic rings. The minimum Gasteiger partial charge on any atom is -0.489 e. The Morgan fingerprint density at radius 3 is 2.96 bits per heavy atom. The van der Waals surface area contributed by atoms with Crippen molar-refractivity contribution in [2.24, 2.45) is 0 Å². The first kappa shape index (κ1) is 15.1. The Bertz CT molecular complexity index is 772. The molecule has 1 amide bonds. The molecule has 0 atom stereocenters. The Labute approximate surface area is 148 Å². The van der Waals surface area contributed by atoms with Crippen molar-refractivity contribution in [3.63, 3.8) is 0 Å². The molecule has 23 heavy (non-hydrogen) atoms. The second-order valence-corrected chi connectivity index (χ2v) is 7.87. The van der Waals surface area contributed by atoms with Gasteiger partial charge in [-0.1, -0.05) is 47.9 Å². The van der Waals surface area contributed by atoms with Gasteiger partial charge in [-0.05, 0) is 19.1 Å². The van der Waals surface area contributed by atoms with Gasteiger partial charge in [0.25, 0.3) is 5.91 Å². The van der Waals surface area contributed by atoms with Gasteiger partial charge >= 0.3 is 0 Å². The molecule has 1 aromatic carbocycles. The smallest absolute Gasteiger partial charge is 0.266 e. The fraction of sp³-hybridized carbons (Fsp3) is 0.250. The summed E-state index contributed by atoms with van der Waals surface area (Å²) in [7, 11) is 0. The van der Waals surface area contributed by atoms with Gasteiger partial charge < -0.3 is 9.64 Å². The van der Waals surface area contributed by atoms with Crippen LogP contribution in [0.3, 0.4) is 0 Å². The SMILES string of the molecule is CCN1C(=O)/C(=C/C2=C3Sc4ccccc4N3CCO2)SC1=S. The molecule has 0 spiro atoms. The number of likely N-dealkylation sites (N-methyl/N-ethyl adjacent to an activating group) is 1. The second kappa shape index (κ2) is 5.89. The van der Waals surface area contributed by atoms with Crippen molar-refractivity contribution < 1.29 is 9.53 Å². The summed E-state index contributed by atoms with van der Waals surface area (Å²) in [6, 6.07) is 8.32. The van der Waals surface area contributed by atoms with Crippen LogP contribution in [0.25, 0.3) is 0 Å². The molecule has 1 fully saturated rings. The maximum absolute atomic E-state index is 12.4. The fourth-order valence-electron chi connectivity index (χ4n) is 2.74. The number of hydrogen-bond donors (Lipinski definition) is 0. The number of ether oxygens (including phenoxy) is 1. The molecule has 0 radical (unpaired) electrons. The Kier molecular flexibility index (Phi) is 3.87. The number of nitrogens with zero attached hydrogens (tertiary/aromatic N) is 2. The van der Waals surface area contributed by atoms with Gasteiger partial charge in [0.15, 0.2) is 5.76 Å². The zero-order valence-electron chi connectivity index (χ0n) is 12.4. The van der Waals surface area contributed by atoms with Crippen LogP contribution < -0.4 is 4.90 Å². The van der Waals surface area contributed by atoms with E-state index in [2.05, 4.69) is 17.0 Å². The van der Waals surface area contributed by atoms with Gasteiger partial charge in [-0.2, -0.15) is 0 Å². The molecular formula is C16H14N2O2S3. The van der Waals surface area contributed by atoms with E-state index < -0.39 is 0 Å². The number of carbonyl (C=O) groups is 1. The summed E-state index contributed by atoms with van der Waals surface area (Å²) < 4.78 is 6.47. The van der Waals surface area contributed by atoms with Crippen molar-refractivity contribution in [1.82, 2.24) is 4.90 Å². The topological polar surface area (TPSA) is 32.8 Å². The van der Waals surface area contributed by atoms with E-state index in [0.29, 0.717) is 22.4 Å². The molecule has 4 nitrogen and oxygen atoms in total. The molecule has 1 aromatic rings. The Hall–Kier alpha value is -1.44. The van der Waals surface area contributed by atoms with Gasteiger partial charge in [0, 0.05) is 17.5 Å². The lowest BCUT2D eigenvalue weighted by Crippen LogP contribution is -2.29. The molecular weight excluding hydrogens is 348 g/mol. The summed E-state index contributed by atoms with van der Waals surface area (Å²) in [5, 5.41) is 1.05. The Morgan fingerprint density at radius 2 is 2.17 bits per heavy atom. The largest absolute Gasteiger partial charge is 0.489 e. The molecule has 0 aliphatic carbocycles. The molecule has 0 bridgehead atoms. The highest BCUT2D eigenvalue weighted by molar-refractivity contribution is 8.26. The van der Waals surface area contributed by atoms with Crippen molar-refractivity contribution in [3.05, 3.63) is 46.0 Å². The van der Waals surface area contributed by atoms with Crippen LogP contribution in [0.2, 0.25) is 0 Å². The molecule has 0 saturated carbocycles. The lowest BCUT2D eigenvalue weighted by molar-refractivity contribution is -0.122. The minimum atomic E-state index is -0.0307. The van der Waals surface area contributed by atoms with E-state index in [-0.39, 0.29) is 5.91 Å². The Balaban J connectivity index is 1.72. The van der Waals surface area contributed by atoms with Crippen molar-refractivity contribution >= 4 is 51.7 Å². The first-order valence-electron chi connectivity index (χ1n) is 7.36. The van der Waals surface area contributed by atoms with Gasteiger partial charge in [0.2, 0.25) is 0 Å². The van der Waals surface area contributed by atoms with Crippen LogP contribution in [0, 0.1) is 0 Å². The summed E-state index contributed by atoms with van der Waals surface area (Å²) >= 11 is 8.30. The summed E-state index contributed by atoms with van der Waals surface area (Å²) in [5.74, 6) is 0.728. The van der Waals surface area contributed by atoms with Gasteiger partial charge in [-0.15, -0.1) is 0 Å². The zero-order valence-corrected chi connectivity index (χ0v) is 14.9. The molecule has 3 heterocycles. The van der Waals surface area contributed by atoms with Crippen LogP contribution in [0.15, 0.2) is 50.9 Å². The highest BCUT2D eigenvalue weighted by Gasteiger charge is 2.34. The molecule has 1 saturated heterocycles. The number of amides is 1. The molecule has 118 valence electrons. The zero-order chi connectivity index (χ0) is 16.0. The third-order valence-electron chi connectivity index (χ3n) is 3.84. The maximum Gasteiger partial charge on any atom is 0.266 e. The van der Waals surface area contributed by atoms with Gasteiger partial charge in [0.1, 0.15) is 16.0 Å². The summed E-state index contributed by atoms with van der Waals surface area (Å²) in [5.41, 5.74) is 1.21. The number of hydrogen-bond acceptors (Lipinski definition) is 6. The van der Waals surface area contributed by atoms with Crippen molar-refractivity contribution in [2.45, 2.75) is 11.8 Å². The van der Waals surface area contributed by atoms with Crippen molar-refractivity contribution in [1.29, 1.82) is 0 Å². The first-order valence-corrected chi connectivity index (χ1v) is 9.40. The van der Waals surface area contributed by atoms with Crippen LogP contribution in [-0.2, 0) is 9.53 Å². The van der Waals surface area contributed by atoms with E-state index in [1.54, 1.807) is 16.7 Å². The molecule has 7 heteroatoms. The molecule has 0 aromatic heterocycles. The molecule has 0 unspecified atom stereocenters. The standard InChI is InChI=1S/C16H14N2O2S3/c1-2-17-14(19)13(23-16(17)21)9-11-15-18(7-8-20-11)10-5-3-4-6-12(10)22-15/h3-6,9H,2,7-8H2,1H3/b13-9-. The molecule has 3 aliphatic heterocycles. The van der Waals surface area contributed by atoms with E-state index >= 15 is 0 Å². The summed E-state index contributed by atoms with van der Waals surface area (Å²) in [4.78, 5) is 18.1. The van der Waals surface area contributed by atoms with Crippen molar-refractivity contribution in [2.75, 3.05) is 24.6 Å². The Morgan fingerprint density at radius 1 is 1.35 bits per heavy atom. The van der Waals surface area contributed by atoms with Crippen molar-refractivity contribution in [3.8, 4) is 0 Å². The monoisotopic (exact) mass is 362 g/mol. The molecule has 0 N–H and O–H groups in total. The predicted octanol–water partition coefficient (Wildman–Crippen LogP) is 3.56. The normalized spacial score (nSPS) is 21.9. The number of fused-ring (bicyclic) bond motifs is 3. The second-order valence-electron chi connectivity index (χ2n) is 5.17. The maximum atomic E-state index is 12.4. The van der Waals surface area contributed by atoms with Gasteiger partial charge in [-0.25, -0.2) is 0 Å². The number of carbonyl (C=O) groups excluding carboxylic acids is 1. The number of thiocarbonyl (C=S) groups is 1. The lowest BCUT2D eigenvalue weighted by Gasteiger charge is -2.27. The van der Waals surface area contributed by atoms with Crippen LogP contribution in [0.5, 0.6) is 0 Å². The van der Waals surface area contributed by atoms with Gasteiger partial charge in [-0.3, -0.25) is 9.69 Å². The van der Waals surface area contributed by atoms with Crippen LogP contribution >= 0.6 is 35.7 Å². The quantitative estimate of drug-likeness (QED) is 0.591. The van der Waals surface area contributed by atoms with E-state index in [0.717, 1.165) is 17.3 Å². The van der Waals surface area contributed by atoms with E-state index in [1.165, 1.54) is 22.3 Å². The molecule has 4 rings (SSSR count). The number of para-hydroxylation sites is 1. The first-order chi connectivity index (χ1) is 11.2. The highest BCUT2D eigenvalue weighted by atomic mass is 32.2. The average Bonchev–Trinajstić information content (AvgIpc) is 3.06. The lowest BCUT2D eigenvalue weighted by atomic mass is 10.2. The fourth-order valence-corrected chi connectivity index (χ4v) is 5.26. The third kappa shape index (κ3) is 2.47. The minimum absolute atomic E-state index is 0.0307. The van der Waals surface area contributed by atoms with E-state index in [4.69, 9.17) is 17.0 Å². The number of anilines is 1. The number of rotatable bonds is 2. The predicted molar refractivity (Wildman–Crippen MR) is 98.3 cm³/mol. The summed E-state index contributed by atoms with van der Waals surface area (Å²) in [6.07, 6.45) is 1.84. The van der Waals surface area contributed by atoms with Crippen LogP contribution in [0.1, 0.15) is 6.92 Å². The van der Waals surface area contributed by atoms with Gasteiger partial charge in [0.05, 0.1) is 17.1 Å². The third-order valence-corrected chi connectivity index (χ3v) is 6.40. The van der Waals surface area contributed by atoms with E-state index in [9.17, 15) is 4.79 Å². The average molecular weight is 363 g/mol. The number of allylic oxidation sites excluding steroid dienone is 1. The van der Waals surface area contributed by atoms with Crippen LogP contribution in [0.4, 0.5) is 5.69 Å². The van der Waals surface area contributed by atoms with Crippen LogP contribution in [-0.4, -0.2) is 34.8 Å². The highest BCUT2D eigenvalue weighted by Crippen LogP contribution is 2.48. The van der Waals surface area contributed by atoms with E-state index in [1.807, 2.05) is 25.1 Å². The number of benzene rings is 1.